The van der Waals surface area contributed by atoms with Crippen LogP contribution in [-0.2, 0) is 4.79 Å². The van der Waals surface area contributed by atoms with Gasteiger partial charge in [-0.1, -0.05) is 23.3 Å². The first-order valence-electron chi connectivity index (χ1n) is 8.46. The molecule has 0 fully saturated rings. The van der Waals surface area contributed by atoms with Gasteiger partial charge in [0, 0.05) is 18.7 Å². The lowest BCUT2D eigenvalue weighted by atomic mass is 10.1. The molecule has 2 aromatic rings. The van der Waals surface area contributed by atoms with Gasteiger partial charge in [0.2, 0.25) is 5.91 Å². The molecule has 140 valence electrons. The van der Waals surface area contributed by atoms with Crippen LogP contribution in [-0.4, -0.2) is 31.4 Å². The standard InChI is InChI=1S/C20H21FN4O2/c1-13-8-14(2)10-15(9-13)20(27)25-12-19(26)24-7-6-23-18-5-3-4-17(21)16(18)11-22/h3-5,8-10,23H,6-7,12H2,1-2H3,(H,24,26)(H,25,27). The van der Waals surface area contributed by atoms with Crippen LogP contribution in [0.25, 0.3) is 0 Å². The molecule has 0 saturated carbocycles. The van der Waals surface area contributed by atoms with Crippen LogP contribution in [0.15, 0.2) is 36.4 Å². The number of nitrogens with zero attached hydrogens (tertiary/aromatic N) is 1. The van der Waals surface area contributed by atoms with Crippen molar-refractivity contribution < 1.29 is 14.0 Å². The molecule has 2 rings (SSSR count). The van der Waals surface area contributed by atoms with E-state index in [1.54, 1.807) is 24.3 Å². The van der Waals surface area contributed by atoms with Gasteiger partial charge >= 0.3 is 0 Å². The third kappa shape index (κ3) is 5.82. The Bertz CT molecular complexity index is 870. The molecule has 0 bridgehead atoms. The Hall–Kier alpha value is -3.40. The van der Waals surface area contributed by atoms with Crippen LogP contribution in [0, 0.1) is 31.0 Å². The Balaban J connectivity index is 1.75. The topological polar surface area (TPSA) is 94.0 Å². The fourth-order valence-electron chi connectivity index (χ4n) is 2.62. The maximum Gasteiger partial charge on any atom is 0.251 e. The number of carbonyl (C=O) groups is 2. The molecule has 2 aromatic carbocycles. The van der Waals surface area contributed by atoms with Crippen molar-refractivity contribution in [2.24, 2.45) is 0 Å². The molecular formula is C20H21FN4O2. The highest BCUT2D eigenvalue weighted by atomic mass is 19.1. The summed E-state index contributed by atoms with van der Waals surface area (Å²) in [6.07, 6.45) is 0. The monoisotopic (exact) mass is 368 g/mol. The summed E-state index contributed by atoms with van der Waals surface area (Å²) < 4.78 is 13.5. The lowest BCUT2D eigenvalue weighted by Crippen LogP contribution is -2.38. The van der Waals surface area contributed by atoms with E-state index in [4.69, 9.17) is 5.26 Å². The summed E-state index contributed by atoms with van der Waals surface area (Å²) in [5, 5.41) is 17.1. The van der Waals surface area contributed by atoms with Gasteiger partial charge in [-0.15, -0.1) is 0 Å². The zero-order chi connectivity index (χ0) is 19.8. The van der Waals surface area contributed by atoms with Crippen molar-refractivity contribution in [2.45, 2.75) is 13.8 Å². The Labute approximate surface area is 157 Å². The average Bonchev–Trinajstić information content (AvgIpc) is 2.62. The summed E-state index contributed by atoms with van der Waals surface area (Å²) in [7, 11) is 0. The number of halogens is 1. The molecule has 27 heavy (non-hydrogen) atoms. The number of rotatable bonds is 7. The van der Waals surface area contributed by atoms with Crippen molar-refractivity contribution in [3.8, 4) is 6.07 Å². The van der Waals surface area contributed by atoms with Crippen LogP contribution in [0.4, 0.5) is 10.1 Å². The quantitative estimate of drug-likeness (QED) is 0.654. The van der Waals surface area contributed by atoms with E-state index >= 15 is 0 Å². The first-order valence-corrected chi connectivity index (χ1v) is 8.46. The molecule has 0 atom stereocenters. The first-order chi connectivity index (χ1) is 12.9. The number of anilines is 1. The molecule has 2 amide bonds. The molecule has 0 aliphatic heterocycles. The number of nitrogens with one attached hydrogen (secondary N) is 3. The molecule has 6 nitrogen and oxygen atoms in total. The lowest BCUT2D eigenvalue weighted by molar-refractivity contribution is -0.120. The van der Waals surface area contributed by atoms with Crippen molar-refractivity contribution in [1.29, 1.82) is 5.26 Å². The van der Waals surface area contributed by atoms with E-state index in [0.29, 0.717) is 17.8 Å². The Morgan fingerprint density at radius 1 is 1.07 bits per heavy atom. The van der Waals surface area contributed by atoms with Crippen LogP contribution in [0.2, 0.25) is 0 Å². The van der Waals surface area contributed by atoms with Crippen molar-refractivity contribution in [3.05, 3.63) is 64.5 Å². The number of benzene rings is 2. The fraction of sp³-hybridized carbons (Fsp3) is 0.250. The smallest absolute Gasteiger partial charge is 0.251 e. The summed E-state index contributed by atoms with van der Waals surface area (Å²) >= 11 is 0. The summed E-state index contributed by atoms with van der Waals surface area (Å²) in [6.45, 7) is 4.24. The second-order valence-electron chi connectivity index (χ2n) is 6.11. The highest BCUT2D eigenvalue weighted by molar-refractivity contribution is 5.96. The van der Waals surface area contributed by atoms with Crippen LogP contribution in [0.1, 0.15) is 27.0 Å². The molecule has 0 unspecified atom stereocenters. The van der Waals surface area contributed by atoms with Gasteiger partial charge in [-0.2, -0.15) is 5.26 Å². The largest absolute Gasteiger partial charge is 0.382 e. The van der Waals surface area contributed by atoms with Gasteiger partial charge in [0.25, 0.3) is 5.91 Å². The number of hydrogen-bond donors (Lipinski definition) is 3. The molecule has 0 heterocycles. The molecule has 3 N–H and O–H groups in total. The number of nitriles is 1. The van der Waals surface area contributed by atoms with Gasteiger partial charge in [0.1, 0.15) is 17.4 Å². The number of amides is 2. The molecule has 0 spiro atoms. The van der Waals surface area contributed by atoms with E-state index in [2.05, 4.69) is 16.0 Å². The molecule has 0 radical (unpaired) electrons. The molecule has 0 aromatic heterocycles. The Morgan fingerprint density at radius 2 is 1.78 bits per heavy atom. The molecule has 7 heteroatoms. The second-order valence-corrected chi connectivity index (χ2v) is 6.11. The third-order valence-electron chi connectivity index (χ3n) is 3.78. The summed E-state index contributed by atoms with van der Waals surface area (Å²) in [6, 6.07) is 11.6. The van der Waals surface area contributed by atoms with Crippen molar-refractivity contribution >= 4 is 17.5 Å². The Kier molecular flexibility index (Phi) is 6.89. The Morgan fingerprint density at radius 3 is 2.44 bits per heavy atom. The SMILES string of the molecule is Cc1cc(C)cc(C(=O)NCC(=O)NCCNc2cccc(F)c2C#N)c1. The lowest BCUT2D eigenvalue weighted by Gasteiger charge is -2.10. The minimum absolute atomic E-state index is 0.0652. The third-order valence-corrected chi connectivity index (χ3v) is 3.78. The predicted octanol–water partition coefficient (Wildman–Crippen LogP) is 2.27. The van der Waals surface area contributed by atoms with Gasteiger partial charge in [-0.25, -0.2) is 4.39 Å². The first kappa shape index (κ1) is 19.9. The van der Waals surface area contributed by atoms with Crippen molar-refractivity contribution in [1.82, 2.24) is 10.6 Å². The summed E-state index contributed by atoms with van der Waals surface area (Å²) in [4.78, 5) is 23.9. The van der Waals surface area contributed by atoms with E-state index in [1.807, 2.05) is 19.9 Å². The normalized spacial score (nSPS) is 10.0. The van der Waals surface area contributed by atoms with Gasteiger partial charge in [-0.3, -0.25) is 9.59 Å². The maximum atomic E-state index is 13.5. The van der Waals surface area contributed by atoms with E-state index < -0.39 is 5.82 Å². The highest BCUT2D eigenvalue weighted by Gasteiger charge is 2.09. The van der Waals surface area contributed by atoms with Crippen LogP contribution >= 0.6 is 0 Å². The molecule has 0 aliphatic rings. The van der Waals surface area contributed by atoms with Gasteiger partial charge in [0.05, 0.1) is 12.2 Å². The summed E-state index contributed by atoms with van der Waals surface area (Å²) in [5.74, 6) is -1.25. The number of aryl methyl sites for hydroxylation is 2. The maximum absolute atomic E-state index is 13.5. The average molecular weight is 368 g/mol. The van der Waals surface area contributed by atoms with E-state index in [1.165, 1.54) is 12.1 Å². The predicted molar refractivity (Wildman–Crippen MR) is 101 cm³/mol. The van der Waals surface area contributed by atoms with Gasteiger partial charge in [0.15, 0.2) is 0 Å². The minimum Gasteiger partial charge on any atom is -0.382 e. The number of hydrogen-bond acceptors (Lipinski definition) is 4. The van der Waals surface area contributed by atoms with E-state index in [-0.39, 0.29) is 30.5 Å². The van der Waals surface area contributed by atoms with Crippen molar-refractivity contribution in [2.75, 3.05) is 25.0 Å². The van der Waals surface area contributed by atoms with Gasteiger partial charge < -0.3 is 16.0 Å². The van der Waals surface area contributed by atoms with Crippen LogP contribution in [0.5, 0.6) is 0 Å². The van der Waals surface area contributed by atoms with Crippen LogP contribution in [0.3, 0.4) is 0 Å². The number of carbonyl (C=O) groups excluding carboxylic acids is 2. The van der Waals surface area contributed by atoms with Crippen LogP contribution < -0.4 is 16.0 Å². The van der Waals surface area contributed by atoms with E-state index in [0.717, 1.165) is 11.1 Å². The fourth-order valence-corrected chi connectivity index (χ4v) is 2.62. The van der Waals surface area contributed by atoms with Gasteiger partial charge in [-0.05, 0) is 38.1 Å². The van der Waals surface area contributed by atoms with E-state index in [9.17, 15) is 14.0 Å². The zero-order valence-electron chi connectivity index (χ0n) is 15.2. The van der Waals surface area contributed by atoms with Crippen molar-refractivity contribution in [3.63, 3.8) is 0 Å². The molecule has 0 saturated heterocycles. The zero-order valence-corrected chi connectivity index (χ0v) is 15.2. The minimum atomic E-state index is -0.597. The molecule has 0 aliphatic carbocycles. The summed E-state index contributed by atoms with van der Waals surface area (Å²) in [5.41, 5.74) is 2.77. The molecular weight excluding hydrogens is 347 g/mol. The second kappa shape index (κ2) is 9.34. The highest BCUT2D eigenvalue weighted by Crippen LogP contribution is 2.17.